The number of carbonyl (C=O) groups is 2. The molecule has 1 heterocycles. The zero-order valence-corrected chi connectivity index (χ0v) is 17.2. The van der Waals surface area contributed by atoms with Crippen LogP contribution in [0.25, 0.3) is 0 Å². The summed E-state index contributed by atoms with van der Waals surface area (Å²) in [5, 5.41) is 5.90. The standard InChI is InChI=1S/C21H33N3O3/c1-15-9-8-10-16(2)19(15)23-18(25)14-24-12-7-6-11-17(24)13-22-20(26)27-21(3,4)5/h8-10,17H,6-7,11-14H2,1-5H3,(H,22,26)(H,23,25). The Bertz CT molecular complexity index is 647. The van der Waals surface area contributed by atoms with Crippen LogP contribution in [0.4, 0.5) is 10.5 Å². The number of rotatable bonds is 5. The summed E-state index contributed by atoms with van der Waals surface area (Å²) in [6.45, 7) is 11.2. The number of alkyl carbamates (subject to hydrolysis) is 1. The molecule has 6 nitrogen and oxygen atoms in total. The van der Waals surface area contributed by atoms with Gasteiger partial charge in [-0.05, 0) is 65.1 Å². The fourth-order valence-electron chi connectivity index (χ4n) is 3.39. The first kappa shape index (κ1) is 21.2. The smallest absolute Gasteiger partial charge is 0.407 e. The van der Waals surface area contributed by atoms with Crippen molar-refractivity contribution in [2.24, 2.45) is 0 Å². The molecule has 1 aliphatic rings. The Morgan fingerprint density at radius 1 is 1.19 bits per heavy atom. The second-order valence-corrected chi connectivity index (χ2v) is 8.32. The van der Waals surface area contributed by atoms with Crippen molar-refractivity contribution >= 4 is 17.7 Å². The summed E-state index contributed by atoms with van der Waals surface area (Å²) in [5.74, 6) is -0.0171. The van der Waals surface area contributed by atoms with Gasteiger partial charge in [0.1, 0.15) is 5.60 Å². The Morgan fingerprint density at radius 3 is 2.48 bits per heavy atom. The molecular formula is C21H33N3O3. The number of aryl methyl sites for hydroxylation is 2. The molecule has 0 saturated carbocycles. The number of nitrogens with one attached hydrogen (secondary N) is 2. The van der Waals surface area contributed by atoms with Crippen LogP contribution in [0, 0.1) is 13.8 Å². The first-order chi connectivity index (χ1) is 12.7. The third-order valence-electron chi connectivity index (χ3n) is 4.72. The van der Waals surface area contributed by atoms with E-state index in [4.69, 9.17) is 4.74 Å². The van der Waals surface area contributed by atoms with Gasteiger partial charge in [0.25, 0.3) is 0 Å². The monoisotopic (exact) mass is 375 g/mol. The van der Waals surface area contributed by atoms with E-state index in [2.05, 4.69) is 15.5 Å². The topological polar surface area (TPSA) is 70.7 Å². The van der Waals surface area contributed by atoms with E-state index in [0.717, 1.165) is 42.6 Å². The van der Waals surface area contributed by atoms with Gasteiger partial charge in [-0.2, -0.15) is 0 Å². The van der Waals surface area contributed by atoms with Gasteiger partial charge in [0, 0.05) is 18.3 Å². The number of piperidine rings is 1. The maximum absolute atomic E-state index is 12.6. The zero-order chi connectivity index (χ0) is 20.0. The molecule has 1 unspecified atom stereocenters. The van der Waals surface area contributed by atoms with Gasteiger partial charge in [-0.25, -0.2) is 4.79 Å². The molecule has 1 saturated heterocycles. The van der Waals surface area contributed by atoms with Crippen LogP contribution in [0.3, 0.4) is 0 Å². The fraction of sp³-hybridized carbons (Fsp3) is 0.619. The quantitative estimate of drug-likeness (QED) is 0.825. The first-order valence-electron chi connectivity index (χ1n) is 9.72. The maximum atomic E-state index is 12.6. The molecule has 2 rings (SSSR count). The van der Waals surface area contributed by atoms with Crippen LogP contribution in [0.2, 0.25) is 0 Å². The second kappa shape index (κ2) is 9.22. The molecule has 0 bridgehead atoms. The number of anilines is 1. The number of nitrogens with zero attached hydrogens (tertiary/aromatic N) is 1. The molecule has 0 aromatic heterocycles. The van der Waals surface area contributed by atoms with E-state index in [9.17, 15) is 9.59 Å². The molecule has 1 fully saturated rings. The van der Waals surface area contributed by atoms with Crippen LogP contribution in [-0.4, -0.2) is 48.2 Å². The SMILES string of the molecule is Cc1cccc(C)c1NC(=O)CN1CCCCC1CNC(=O)OC(C)(C)C. The van der Waals surface area contributed by atoms with Gasteiger partial charge in [0.15, 0.2) is 0 Å². The average molecular weight is 376 g/mol. The lowest BCUT2D eigenvalue weighted by molar-refractivity contribution is -0.118. The third kappa shape index (κ3) is 6.86. The van der Waals surface area contributed by atoms with Crippen molar-refractivity contribution in [3.8, 4) is 0 Å². The number of hydrogen-bond donors (Lipinski definition) is 2. The van der Waals surface area contributed by atoms with Gasteiger partial charge in [-0.1, -0.05) is 24.6 Å². The van der Waals surface area contributed by atoms with Crippen molar-refractivity contribution < 1.29 is 14.3 Å². The summed E-state index contributed by atoms with van der Waals surface area (Å²) >= 11 is 0. The highest BCUT2D eigenvalue weighted by atomic mass is 16.6. The Morgan fingerprint density at radius 2 is 1.85 bits per heavy atom. The minimum absolute atomic E-state index is 0.0171. The molecule has 0 radical (unpaired) electrons. The van der Waals surface area contributed by atoms with E-state index in [1.165, 1.54) is 0 Å². The van der Waals surface area contributed by atoms with Gasteiger partial charge in [0.2, 0.25) is 5.91 Å². The van der Waals surface area contributed by atoms with Crippen molar-refractivity contribution in [2.75, 3.05) is 25.0 Å². The van der Waals surface area contributed by atoms with E-state index in [0.29, 0.717) is 13.1 Å². The van der Waals surface area contributed by atoms with E-state index in [1.54, 1.807) is 0 Å². The van der Waals surface area contributed by atoms with Crippen LogP contribution in [0.1, 0.15) is 51.2 Å². The molecule has 2 N–H and O–H groups in total. The Hall–Kier alpha value is -2.08. The normalized spacial score (nSPS) is 18.0. The van der Waals surface area contributed by atoms with Gasteiger partial charge in [0.05, 0.1) is 6.54 Å². The molecule has 2 amide bonds. The van der Waals surface area contributed by atoms with E-state index < -0.39 is 11.7 Å². The molecule has 6 heteroatoms. The maximum Gasteiger partial charge on any atom is 0.407 e. The van der Waals surface area contributed by atoms with Crippen LogP contribution >= 0.6 is 0 Å². The van der Waals surface area contributed by atoms with Crippen LogP contribution in [0.15, 0.2) is 18.2 Å². The molecule has 1 aliphatic heterocycles. The summed E-state index contributed by atoms with van der Waals surface area (Å²) in [6.07, 6.45) is 2.73. The molecule has 27 heavy (non-hydrogen) atoms. The van der Waals surface area contributed by atoms with Crippen LogP contribution in [-0.2, 0) is 9.53 Å². The number of ether oxygens (including phenoxy) is 1. The highest BCUT2D eigenvalue weighted by Crippen LogP contribution is 2.20. The number of para-hydroxylation sites is 1. The Labute approximate surface area is 162 Å². The van der Waals surface area contributed by atoms with Gasteiger partial charge in [-0.3, -0.25) is 9.69 Å². The van der Waals surface area contributed by atoms with E-state index in [-0.39, 0.29) is 11.9 Å². The number of likely N-dealkylation sites (tertiary alicyclic amines) is 1. The van der Waals surface area contributed by atoms with Gasteiger partial charge in [-0.15, -0.1) is 0 Å². The molecule has 1 aromatic rings. The summed E-state index contributed by atoms with van der Waals surface area (Å²) in [4.78, 5) is 26.7. The second-order valence-electron chi connectivity index (χ2n) is 8.32. The lowest BCUT2D eigenvalue weighted by Crippen LogP contribution is -2.49. The number of hydrogen-bond acceptors (Lipinski definition) is 4. The molecule has 150 valence electrons. The predicted molar refractivity (Wildman–Crippen MR) is 108 cm³/mol. The van der Waals surface area contributed by atoms with Crippen molar-refractivity contribution in [1.29, 1.82) is 0 Å². The lowest BCUT2D eigenvalue weighted by atomic mass is 10.0. The van der Waals surface area contributed by atoms with Crippen molar-refractivity contribution in [2.45, 2.75) is 65.5 Å². The summed E-state index contributed by atoms with van der Waals surface area (Å²) in [7, 11) is 0. The Balaban J connectivity index is 1.91. The molecule has 1 atom stereocenters. The van der Waals surface area contributed by atoms with Crippen molar-refractivity contribution in [1.82, 2.24) is 10.2 Å². The fourth-order valence-corrected chi connectivity index (χ4v) is 3.39. The lowest BCUT2D eigenvalue weighted by Gasteiger charge is -2.35. The van der Waals surface area contributed by atoms with Crippen molar-refractivity contribution in [3.63, 3.8) is 0 Å². The molecule has 1 aromatic carbocycles. The molecular weight excluding hydrogens is 342 g/mol. The number of benzene rings is 1. The highest BCUT2D eigenvalue weighted by molar-refractivity contribution is 5.93. The summed E-state index contributed by atoms with van der Waals surface area (Å²) in [6, 6.07) is 6.13. The minimum Gasteiger partial charge on any atom is -0.444 e. The zero-order valence-electron chi connectivity index (χ0n) is 17.2. The first-order valence-corrected chi connectivity index (χ1v) is 9.72. The largest absolute Gasteiger partial charge is 0.444 e. The molecule has 0 aliphatic carbocycles. The minimum atomic E-state index is -0.512. The van der Waals surface area contributed by atoms with Crippen LogP contribution < -0.4 is 10.6 Å². The predicted octanol–water partition coefficient (Wildman–Crippen LogP) is 3.62. The van der Waals surface area contributed by atoms with Gasteiger partial charge >= 0.3 is 6.09 Å². The third-order valence-corrected chi connectivity index (χ3v) is 4.72. The Kier molecular flexibility index (Phi) is 7.25. The average Bonchev–Trinajstić information content (AvgIpc) is 2.56. The summed E-state index contributed by atoms with van der Waals surface area (Å²) < 4.78 is 5.30. The van der Waals surface area contributed by atoms with E-state index in [1.807, 2.05) is 52.8 Å². The highest BCUT2D eigenvalue weighted by Gasteiger charge is 2.26. The van der Waals surface area contributed by atoms with Crippen LogP contribution in [0.5, 0.6) is 0 Å². The van der Waals surface area contributed by atoms with Crippen molar-refractivity contribution in [3.05, 3.63) is 29.3 Å². The number of amides is 2. The van der Waals surface area contributed by atoms with Gasteiger partial charge < -0.3 is 15.4 Å². The number of carbonyl (C=O) groups excluding carboxylic acids is 2. The summed E-state index contributed by atoms with van der Waals surface area (Å²) in [5.41, 5.74) is 2.50. The van der Waals surface area contributed by atoms with E-state index >= 15 is 0 Å². The molecule has 0 spiro atoms.